The van der Waals surface area contributed by atoms with E-state index in [1.165, 1.54) is 6.33 Å². The summed E-state index contributed by atoms with van der Waals surface area (Å²) in [6.07, 6.45) is 4.52. The van der Waals surface area contributed by atoms with Crippen LogP contribution in [0.5, 0.6) is 11.5 Å². The number of hydrogen-bond acceptors (Lipinski definition) is 8. The SMILES string of the molecule is CN(/N=C/c1ccccc1O)c1cc(N(C)/N=C/c2ccccc2O)ncn1. The van der Waals surface area contributed by atoms with Crippen LogP contribution in [0.4, 0.5) is 11.6 Å². The second kappa shape index (κ2) is 8.63. The molecule has 0 bridgehead atoms. The molecule has 0 saturated heterocycles. The minimum absolute atomic E-state index is 0.154. The third-order valence-corrected chi connectivity index (χ3v) is 3.91. The van der Waals surface area contributed by atoms with Crippen LogP contribution in [0.2, 0.25) is 0 Å². The molecule has 0 aliphatic rings. The lowest BCUT2D eigenvalue weighted by Gasteiger charge is -2.15. The van der Waals surface area contributed by atoms with Crippen LogP contribution in [0.25, 0.3) is 0 Å². The summed E-state index contributed by atoms with van der Waals surface area (Å²) in [5, 5.41) is 31.3. The van der Waals surface area contributed by atoms with Gasteiger partial charge in [0.1, 0.15) is 17.8 Å². The maximum Gasteiger partial charge on any atom is 0.154 e. The molecule has 3 rings (SSSR count). The molecule has 0 spiro atoms. The van der Waals surface area contributed by atoms with E-state index in [9.17, 15) is 10.2 Å². The zero-order valence-electron chi connectivity index (χ0n) is 15.5. The molecule has 1 heterocycles. The molecule has 0 radical (unpaired) electrons. The van der Waals surface area contributed by atoms with Crippen molar-refractivity contribution in [3.63, 3.8) is 0 Å². The van der Waals surface area contributed by atoms with Gasteiger partial charge in [-0.1, -0.05) is 24.3 Å². The van der Waals surface area contributed by atoms with Crippen molar-refractivity contribution >= 4 is 24.1 Å². The second-order valence-corrected chi connectivity index (χ2v) is 5.89. The van der Waals surface area contributed by atoms with Crippen molar-refractivity contribution in [2.24, 2.45) is 10.2 Å². The maximum absolute atomic E-state index is 9.81. The Kier molecular flexibility index (Phi) is 5.81. The van der Waals surface area contributed by atoms with Crippen molar-refractivity contribution in [3.05, 3.63) is 72.1 Å². The average Bonchev–Trinajstić information content (AvgIpc) is 2.72. The standard InChI is InChI=1S/C20H20N6O2/c1-25(23-12-15-7-3-5-9-17(15)27)19-11-20(22-14-21-19)26(2)24-13-16-8-4-6-10-18(16)28/h3-14,27-28H,1-2H3/b23-12+,24-13+. The number of rotatable bonds is 6. The number of hydrogen-bond donors (Lipinski definition) is 2. The summed E-state index contributed by atoms with van der Waals surface area (Å²) < 4.78 is 0. The first-order valence-corrected chi connectivity index (χ1v) is 8.48. The summed E-state index contributed by atoms with van der Waals surface area (Å²) in [7, 11) is 3.49. The van der Waals surface area contributed by atoms with Gasteiger partial charge in [-0.2, -0.15) is 10.2 Å². The smallest absolute Gasteiger partial charge is 0.154 e. The van der Waals surface area contributed by atoms with E-state index >= 15 is 0 Å². The van der Waals surface area contributed by atoms with Crippen LogP contribution in [-0.2, 0) is 0 Å². The highest BCUT2D eigenvalue weighted by Gasteiger charge is 2.07. The van der Waals surface area contributed by atoms with E-state index in [1.807, 2.05) is 12.1 Å². The van der Waals surface area contributed by atoms with Gasteiger partial charge in [0.15, 0.2) is 11.6 Å². The van der Waals surface area contributed by atoms with Crippen molar-refractivity contribution in [2.45, 2.75) is 0 Å². The molecule has 0 saturated carbocycles. The molecule has 0 amide bonds. The van der Waals surface area contributed by atoms with Gasteiger partial charge in [0.05, 0.1) is 12.4 Å². The summed E-state index contributed by atoms with van der Waals surface area (Å²) in [6, 6.07) is 15.6. The average molecular weight is 376 g/mol. The molecule has 1 aromatic heterocycles. The molecule has 142 valence electrons. The summed E-state index contributed by atoms with van der Waals surface area (Å²) in [4.78, 5) is 8.42. The monoisotopic (exact) mass is 376 g/mol. The number of anilines is 2. The Morgan fingerprint density at radius 1 is 0.750 bits per heavy atom. The van der Waals surface area contributed by atoms with Crippen LogP contribution in [0.1, 0.15) is 11.1 Å². The van der Waals surface area contributed by atoms with Crippen molar-refractivity contribution < 1.29 is 10.2 Å². The summed E-state index contributed by atoms with van der Waals surface area (Å²) >= 11 is 0. The molecule has 0 atom stereocenters. The largest absolute Gasteiger partial charge is 0.507 e. The molecule has 0 aliphatic heterocycles. The lowest BCUT2D eigenvalue weighted by atomic mass is 10.2. The van der Waals surface area contributed by atoms with E-state index in [2.05, 4.69) is 20.2 Å². The van der Waals surface area contributed by atoms with Crippen LogP contribution in [-0.4, -0.2) is 46.7 Å². The van der Waals surface area contributed by atoms with Crippen LogP contribution < -0.4 is 10.0 Å². The predicted octanol–water partition coefficient (Wildman–Crippen LogP) is 2.83. The zero-order valence-corrected chi connectivity index (χ0v) is 15.5. The molecule has 3 aromatic rings. The Balaban J connectivity index is 1.74. The Morgan fingerprint density at radius 3 is 1.61 bits per heavy atom. The van der Waals surface area contributed by atoms with E-state index < -0.39 is 0 Å². The van der Waals surface area contributed by atoms with Gasteiger partial charge in [0, 0.05) is 31.3 Å². The van der Waals surface area contributed by atoms with Gasteiger partial charge in [0.2, 0.25) is 0 Å². The quantitative estimate of drug-likeness (QED) is 0.507. The third kappa shape index (κ3) is 4.61. The van der Waals surface area contributed by atoms with Crippen molar-refractivity contribution in [1.82, 2.24) is 9.97 Å². The summed E-state index contributed by atoms with van der Waals surface area (Å²) in [5.41, 5.74) is 1.21. The fourth-order valence-corrected chi connectivity index (χ4v) is 2.30. The molecular formula is C20H20N6O2. The molecule has 2 aromatic carbocycles. The predicted molar refractivity (Wildman–Crippen MR) is 110 cm³/mol. The number of nitrogens with zero attached hydrogens (tertiary/aromatic N) is 6. The van der Waals surface area contributed by atoms with Crippen LogP contribution in [0.3, 0.4) is 0 Å². The molecule has 0 unspecified atom stereocenters. The highest BCUT2D eigenvalue weighted by atomic mass is 16.3. The minimum atomic E-state index is 0.154. The number of aromatic hydroxyl groups is 2. The molecule has 2 N–H and O–H groups in total. The van der Waals surface area contributed by atoms with E-state index in [1.54, 1.807) is 79.0 Å². The fourth-order valence-electron chi connectivity index (χ4n) is 2.30. The fraction of sp³-hybridized carbons (Fsp3) is 0.100. The molecule has 8 nitrogen and oxygen atoms in total. The van der Waals surface area contributed by atoms with Gasteiger partial charge >= 0.3 is 0 Å². The molecule has 28 heavy (non-hydrogen) atoms. The molecule has 0 aliphatic carbocycles. The van der Waals surface area contributed by atoms with E-state index in [-0.39, 0.29) is 11.5 Å². The normalized spacial score (nSPS) is 11.2. The molecule has 8 heteroatoms. The number of para-hydroxylation sites is 2. The van der Waals surface area contributed by atoms with Gasteiger partial charge < -0.3 is 10.2 Å². The first kappa shape index (κ1) is 18.8. The van der Waals surface area contributed by atoms with E-state index in [4.69, 9.17) is 0 Å². The lowest BCUT2D eigenvalue weighted by Crippen LogP contribution is -2.15. The lowest BCUT2D eigenvalue weighted by molar-refractivity contribution is 0.474. The molecular weight excluding hydrogens is 356 g/mol. The van der Waals surface area contributed by atoms with Crippen molar-refractivity contribution in [3.8, 4) is 11.5 Å². The number of phenols is 2. The molecule has 0 fully saturated rings. The number of phenolic OH excluding ortho intramolecular Hbond substituents is 2. The number of aromatic nitrogens is 2. The highest BCUT2D eigenvalue weighted by molar-refractivity contribution is 5.84. The van der Waals surface area contributed by atoms with Crippen LogP contribution in [0.15, 0.2) is 71.1 Å². The number of hydrazone groups is 2. The van der Waals surface area contributed by atoms with Gasteiger partial charge in [-0.05, 0) is 24.3 Å². The Bertz CT molecular complexity index is 928. The van der Waals surface area contributed by atoms with Gasteiger partial charge in [-0.15, -0.1) is 0 Å². The first-order valence-electron chi connectivity index (χ1n) is 8.48. The first-order chi connectivity index (χ1) is 13.5. The highest BCUT2D eigenvalue weighted by Crippen LogP contribution is 2.18. The number of benzene rings is 2. The van der Waals surface area contributed by atoms with E-state index in [0.29, 0.717) is 22.8 Å². The van der Waals surface area contributed by atoms with Gasteiger partial charge in [-0.3, -0.25) is 10.0 Å². The van der Waals surface area contributed by atoms with Gasteiger partial charge in [0.25, 0.3) is 0 Å². The van der Waals surface area contributed by atoms with Gasteiger partial charge in [-0.25, -0.2) is 9.97 Å². The summed E-state index contributed by atoms with van der Waals surface area (Å²) in [5.74, 6) is 1.42. The van der Waals surface area contributed by atoms with Crippen molar-refractivity contribution in [2.75, 3.05) is 24.1 Å². The van der Waals surface area contributed by atoms with Crippen molar-refractivity contribution in [1.29, 1.82) is 0 Å². The van der Waals surface area contributed by atoms with E-state index in [0.717, 1.165) is 0 Å². The zero-order chi connectivity index (χ0) is 19.9. The second-order valence-electron chi connectivity index (χ2n) is 5.89. The van der Waals surface area contributed by atoms with Crippen LogP contribution >= 0.6 is 0 Å². The topological polar surface area (TPSA) is 97.4 Å². The Labute approximate surface area is 162 Å². The summed E-state index contributed by atoms with van der Waals surface area (Å²) in [6.45, 7) is 0. The van der Waals surface area contributed by atoms with Crippen LogP contribution in [0, 0.1) is 0 Å². The minimum Gasteiger partial charge on any atom is -0.507 e. The Morgan fingerprint density at radius 2 is 1.18 bits per heavy atom. The Hall–Kier alpha value is -3.94. The maximum atomic E-state index is 9.81. The third-order valence-electron chi connectivity index (χ3n) is 3.91.